The normalized spacial score (nSPS) is 17.9. The molecule has 0 amide bonds. The van der Waals surface area contributed by atoms with E-state index in [9.17, 15) is 4.79 Å². The number of aromatic nitrogens is 1. The first-order chi connectivity index (χ1) is 17.7. The van der Waals surface area contributed by atoms with E-state index >= 15 is 0 Å². The molecule has 36 heavy (non-hydrogen) atoms. The monoisotopic (exact) mass is 483 g/mol. The Balaban J connectivity index is 1.29. The minimum absolute atomic E-state index is 0.287. The number of hydrogen-bond donors (Lipinski definition) is 0. The summed E-state index contributed by atoms with van der Waals surface area (Å²) in [4.78, 5) is 17.6. The van der Waals surface area contributed by atoms with Gasteiger partial charge in [0, 0.05) is 23.1 Å². The van der Waals surface area contributed by atoms with Gasteiger partial charge in [-0.2, -0.15) is 0 Å². The van der Waals surface area contributed by atoms with Crippen LogP contribution in [0.5, 0.6) is 0 Å². The molecule has 0 spiro atoms. The van der Waals surface area contributed by atoms with E-state index in [0.717, 1.165) is 43.2 Å². The molecule has 0 N–H and O–H groups in total. The van der Waals surface area contributed by atoms with E-state index in [1.807, 2.05) is 0 Å². The van der Waals surface area contributed by atoms with Crippen LogP contribution >= 0.6 is 0 Å². The van der Waals surface area contributed by atoms with Gasteiger partial charge in [-0.15, -0.1) is 0 Å². The summed E-state index contributed by atoms with van der Waals surface area (Å²) in [5.74, 6) is 1.86. The summed E-state index contributed by atoms with van der Waals surface area (Å²) in [6, 6.07) is 17.1. The van der Waals surface area contributed by atoms with Crippen LogP contribution in [0.2, 0.25) is 0 Å². The maximum Gasteiger partial charge on any atom is 0.166 e. The Morgan fingerprint density at radius 1 is 0.944 bits per heavy atom. The molecule has 3 aromatic rings. The first-order valence-corrected chi connectivity index (χ1v) is 14.7. The number of para-hydroxylation sites is 1. The topological polar surface area (TPSA) is 30.0 Å². The molecule has 1 aliphatic rings. The SMILES string of the molecule is CCCCCCCC1CC1C(=O)c1ccc(CCCC(CC)c2c(CC)cnc3ccccc23)cc1. The number of benzene rings is 2. The molecular weight excluding hydrogens is 438 g/mol. The lowest BCUT2D eigenvalue weighted by molar-refractivity contribution is 0.0960. The number of nitrogens with zero attached hydrogens (tertiary/aromatic N) is 1. The molecule has 0 saturated heterocycles. The van der Waals surface area contributed by atoms with Crippen molar-refractivity contribution in [3.05, 3.63) is 77.0 Å². The van der Waals surface area contributed by atoms with Crippen LogP contribution in [0.25, 0.3) is 10.9 Å². The second kappa shape index (κ2) is 13.2. The summed E-state index contributed by atoms with van der Waals surface area (Å²) in [6.07, 6.45) is 16.6. The lowest BCUT2D eigenvalue weighted by atomic mass is 9.85. The first kappa shape index (κ1) is 26.6. The fraction of sp³-hybridized carbons (Fsp3) is 0.529. The zero-order valence-electron chi connectivity index (χ0n) is 22.8. The number of pyridine rings is 1. The number of rotatable bonds is 15. The Hall–Kier alpha value is -2.48. The summed E-state index contributed by atoms with van der Waals surface area (Å²) in [5.41, 5.74) is 6.27. The van der Waals surface area contributed by atoms with E-state index in [-0.39, 0.29) is 5.92 Å². The zero-order chi connectivity index (χ0) is 25.3. The van der Waals surface area contributed by atoms with Crippen molar-refractivity contribution >= 4 is 16.7 Å². The van der Waals surface area contributed by atoms with Crippen LogP contribution in [0.3, 0.4) is 0 Å². The summed E-state index contributed by atoms with van der Waals surface area (Å²) in [6.45, 7) is 6.81. The van der Waals surface area contributed by atoms with Gasteiger partial charge in [-0.05, 0) is 79.5 Å². The standard InChI is InChI=1S/C34H45NO/c1-4-7-8-9-10-15-29-23-31(29)34(36)28-21-19-25(20-22-28)14-13-16-26(5-2)33-27(6-3)24-35-32-18-12-11-17-30(32)33/h11-12,17-22,24,26,29,31H,4-10,13-16,23H2,1-3H3. The molecule has 1 saturated carbocycles. The number of Topliss-reactive ketones (excluding diaryl/α,β-unsaturated/α-hetero) is 1. The van der Waals surface area contributed by atoms with Crippen LogP contribution in [0.1, 0.15) is 118 Å². The highest BCUT2D eigenvalue weighted by atomic mass is 16.1. The fourth-order valence-corrected chi connectivity index (χ4v) is 6.02. The Labute approximate surface area is 218 Å². The Morgan fingerprint density at radius 2 is 1.72 bits per heavy atom. The highest BCUT2D eigenvalue weighted by molar-refractivity contribution is 5.99. The van der Waals surface area contributed by atoms with Crippen LogP contribution in [-0.2, 0) is 12.8 Å². The minimum atomic E-state index is 0.287. The Bertz CT molecular complexity index is 1120. The number of fused-ring (bicyclic) bond motifs is 1. The van der Waals surface area contributed by atoms with Crippen molar-refractivity contribution in [1.82, 2.24) is 4.98 Å². The highest BCUT2D eigenvalue weighted by Gasteiger charge is 2.42. The van der Waals surface area contributed by atoms with E-state index in [2.05, 4.69) is 75.5 Å². The predicted octanol–water partition coefficient (Wildman–Crippen LogP) is 9.49. The molecule has 0 radical (unpaired) electrons. The van der Waals surface area contributed by atoms with Gasteiger partial charge in [-0.25, -0.2) is 0 Å². The van der Waals surface area contributed by atoms with Crippen molar-refractivity contribution in [2.75, 3.05) is 0 Å². The van der Waals surface area contributed by atoms with Crippen molar-refractivity contribution in [1.29, 1.82) is 0 Å². The van der Waals surface area contributed by atoms with Crippen molar-refractivity contribution in [2.45, 2.75) is 104 Å². The molecule has 1 aliphatic carbocycles. The van der Waals surface area contributed by atoms with Gasteiger partial charge in [0.2, 0.25) is 0 Å². The molecule has 1 heterocycles. The molecule has 2 heteroatoms. The molecule has 192 valence electrons. The molecular formula is C34H45NO. The van der Waals surface area contributed by atoms with E-state index in [4.69, 9.17) is 4.98 Å². The van der Waals surface area contributed by atoms with Gasteiger partial charge >= 0.3 is 0 Å². The lowest BCUT2D eigenvalue weighted by Gasteiger charge is -2.21. The summed E-state index contributed by atoms with van der Waals surface area (Å²) in [5, 5.41) is 1.32. The van der Waals surface area contributed by atoms with Crippen LogP contribution in [0.15, 0.2) is 54.7 Å². The van der Waals surface area contributed by atoms with Gasteiger partial charge in [0.05, 0.1) is 5.52 Å². The second-order valence-corrected chi connectivity index (χ2v) is 10.9. The number of carbonyl (C=O) groups is 1. The molecule has 3 atom stereocenters. The summed E-state index contributed by atoms with van der Waals surface area (Å²) in [7, 11) is 0. The molecule has 1 fully saturated rings. The van der Waals surface area contributed by atoms with Crippen molar-refractivity contribution in [2.24, 2.45) is 11.8 Å². The number of unbranched alkanes of at least 4 members (excludes halogenated alkanes) is 4. The average Bonchev–Trinajstić information content (AvgIpc) is 3.70. The number of ketones is 1. The van der Waals surface area contributed by atoms with Crippen molar-refractivity contribution < 1.29 is 4.79 Å². The van der Waals surface area contributed by atoms with Crippen molar-refractivity contribution in [3.63, 3.8) is 0 Å². The quantitative estimate of drug-likeness (QED) is 0.159. The van der Waals surface area contributed by atoms with Gasteiger partial charge in [0.25, 0.3) is 0 Å². The third kappa shape index (κ3) is 6.64. The van der Waals surface area contributed by atoms with Crippen LogP contribution in [0, 0.1) is 11.8 Å². The maximum atomic E-state index is 12.9. The maximum absolute atomic E-state index is 12.9. The number of carbonyl (C=O) groups excluding carboxylic acids is 1. The van der Waals surface area contributed by atoms with Gasteiger partial charge in [0.1, 0.15) is 0 Å². The molecule has 1 aromatic heterocycles. The van der Waals surface area contributed by atoms with Crippen LogP contribution < -0.4 is 0 Å². The number of aryl methyl sites for hydroxylation is 2. The van der Waals surface area contributed by atoms with Gasteiger partial charge in [-0.3, -0.25) is 9.78 Å². The zero-order valence-corrected chi connectivity index (χ0v) is 22.8. The third-order valence-electron chi connectivity index (χ3n) is 8.38. The Morgan fingerprint density at radius 3 is 2.47 bits per heavy atom. The van der Waals surface area contributed by atoms with Gasteiger partial charge in [0.15, 0.2) is 5.78 Å². The third-order valence-corrected chi connectivity index (χ3v) is 8.38. The van der Waals surface area contributed by atoms with Gasteiger partial charge in [-0.1, -0.05) is 95.3 Å². The minimum Gasteiger partial charge on any atom is -0.294 e. The molecule has 2 aromatic carbocycles. The lowest BCUT2D eigenvalue weighted by Crippen LogP contribution is -2.05. The van der Waals surface area contributed by atoms with E-state index < -0.39 is 0 Å². The smallest absolute Gasteiger partial charge is 0.166 e. The van der Waals surface area contributed by atoms with E-state index in [1.165, 1.54) is 67.0 Å². The largest absolute Gasteiger partial charge is 0.294 e. The molecule has 4 rings (SSSR count). The molecule has 0 bridgehead atoms. The van der Waals surface area contributed by atoms with E-state index in [0.29, 0.717) is 17.6 Å². The van der Waals surface area contributed by atoms with Crippen LogP contribution in [-0.4, -0.2) is 10.8 Å². The molecule has 3 unspecified atom stereocenters. The fourth-order valence-electron chi connectivity index (χ4n) is 6.02. The van der Waals surface area contributed by atoms with Gasteiger partial charge < -0.3 is 0 Å². The van der Waals surface area contributed by atoms with Crippen molar-refractivity contribution in [3.8, 4) is 0 Å². The van der Waals surface area contributed by atoms with E-state index in [1.54, 1.807) is 0 Å². The second-order valence-electron chi connectivity index (χ2n) is 10.9. The first-order valence-electron chi connectivity index (χ1n) is 14.7. The molecule has 0 aliphatic heterocycles. The van der Waals surface area contributed by atoms with Crippen LogP contribution in [0.4, 0.5) is 0 Å². The Kier molecular flexibility index (Phi) is 9.73. The number of hydrogen-bond acceptors (Lipinski definition) is 2. The predicted molar refractivity (Wildman–Crippen MR) is 153 cm³/mol. The molecule has 2 nitrogen and oxygen atoms in total. The summed E-state index contributed by atoms with van der Waals surface area (Å²) >= 11 is 0. The summed E-state index contributed by atoms with van der Waals surface area (Å²) < 4.78 is 0. The highest BCUT2D eigenvalue weighted by Crippen LogP contribution is 2.44. The average molecular weight is 484 g/mol.